The molecule has 0 saturated heterocycles. The maximum absolute atomic E-state index is 11.6. The highest BCUT2D eigenvalue weighted by Crippen LogP contribution is 1.98. The minimum absolute atomic E-state index is 0.0938. The molecule has 0 radical (unpaired) electrons. The zero-order valence-corrected chi connectivity index (χ0v) is 10.3. The van der Waals surface area contributed by atoms with Gasteiger partial charge in [-0.3, -0.25) is 4.79 Å². The van der Waals surface area contributed by atoms with Crippen LogP contribution in [0.25, 0.3) is 0 Å². The Morgan fingerprint density at radius 3 is 2.44 bits per heavy atom. The van der Waals surface area contributed by atoms with Crippen molar-refractivity contribution < 1.29 is 14.7 Å². The average molecular weight is 230 g/mol. The van der Waals surface area contributed by atoms with E-state index in [9.17, 15) is 9.59 Å². The molecule has 0 aliphatic carbocycles. The largest absolute Gasteiger partial charge is 0.481 e. The van der Waals surface area contributed by atoms with Gasteiger partial charge in [0.15, 0.2) is 0 Å². The molecule has 0 saturated carbocycles. The van der Waals surface area contributed by atoms with Crippen molar-refractivity contribution >= 4 is 12.0 Å². The monoisotopic (exact) mass is 230 g/mol. The molecule has 2 N–H and O–H groups in total. The van der Waals surface area contributed by atoms with Gasteiger partial charge < -0.3 is 15.3 Å². The van der Waals surface area contributed by atoms with Gasteiger partial charge in [0.05, 0.1) is 0 Å². The Morgan fingerprint density at radius 1 is 1.38 bits per heavy atom. The van der Waals surface area contributed by atoms with E-state index in [-0.39, 0.29) is 12.5 Å². The molecule has 0 rings (SSSR count). The molecule has 5 nitrogen and oxygen atoms in total. The van der Waals surface area contributed by atoms with Crippen molar-refractivity contribution in [3.8, 4) is 0 Å². The quantitative estimate of drug-likeness (QED) is 0.652. The van der Waals surface area contributed by atoms with E-state index < -0.39 is 5.97 Å². The van der Waals surface area contributed by atoms with Crippen LogP contribution in [0.4, 0.5) is 4.79 Å². The number of carbonyl (C=O) groups is 2. The minimum Gasteiger partial charge on any atom is -0.481 e. The molecule has 0 heterocycles. The van der Waals surface area contributed by atoms with E-state index in [0.717, 1.165) is 6.54 Å². The predicted octanol–water partition coefficient (Wildman–Crippen LogP) is 1.54. The highest BCUT2D eigenvalue weighted by Gasteiger charge is 2.11. The zero-order chi connectivity index (χ0) is 12.6. The van der Waals surface area contributed by atoms with Crippen molar-refractivity contribution in [2.45, 2.75) is 33.6 Å². The van der Waals surface area contributed by atoms with Crippen molar-refractivity contribution in [3.63, 3.8) is 0 Å². The first kappa shape index (κ1) is 14.7. The first-order chi connectivity index (χ1) is 7.47. The van der Waals surface area contributed by atoms with Gasteiger partial charge >= 0.3 is 12.0 Å². The highest BCUT2D eigenvalue weighted by atomic mass is 16.4. The van der Waals surface area contributed by atoms with Crippen molar-refractivity contribution in [2.24, 2.45) is 5.92 Å². The summed E-state index contributed by atoms with van der Waals surface area (Å²) >= 11 is 0. The van der Waals surface area contributed by atoms with Crippen LogP contribution in [0.3, 0.4) is 0 Å². The first-order valence-corrected chi connectivity index (χ1v) is 5.72. The summed E-state index contributed by atoms with van der Waals surface area (Å²) in [4.78, 5) is 23.6. The number of hydrogen-bond donors (Lipinski definition) is 2. The van der Waals surface area contributed by atoms with Gasteiger partial charge in [0, 0.05) is 26.1 Å². The van der Waals surface area contributed by atoms with Crippen LogP contribution in [-0.2, 0) is 4.79 Å². The van der Waals surface area contributed by atoms with Gasteiger partial charge in [0.2, 0.25) is 0 Å². The second-order valence-corrected chi connectivity index (χ2v) is 4.16. The van der Waals surface area contributed by atoms with Crippen molar-refractivity contribution in [1.29, 1.82) is 0 Å². The second kappa shape index (κ2) is 7.96. The van der Waals surface area contributed by atoms with Gasteiger partial charge in [-0.05, 0) is 19.3 Å². The third-order valence-corrected chi connectivity index (χ3v) is 2.10. The number of hydrogen-bond acceptors (Lipinski definition) is 2. The molecule has 0 aliphatic rings. The molecule has 0 unspecified atom stereocenters. The van der Waals surface area contributed by atoms with Crippen LogP contribution in [0.5, 0.6) is 0 Å². The number of nitrogens with one attached hydrogen (secondary N) is 1. The maximum atomic E-state index is 11.6. The Hall–Kier alpha value is -1.26. The van der Waals surface area contributed by atoms with Crippen LogP contribution >= 0.6 is 0 Å². The van der Waals surface area contributed by atoms with E-state index in [1.807, 2.05) is 6.92 Å². The molecule has 5 heteroatoms. The maximum Gasteiger partial charge on any atom is 0.317 e. The Labute approximate surface area is 96.8 Å². The molecule has 16 heavy (non-hydrogen) atoms. The SMILES string of the molecule is CCN(CC(C)C)C(=O)NCCCC(=O)O. The number of carboxylic acid groups (broad SMARTS) is 1. The zero-order valence-electron chi connectivity index (χ0n) is 10.3. The summed E-state index contributed by atoms with van der Waals surface area (Å²) in [7, 11) is 0. The van der Waals surface area contributed by atoms with E-state index in [0.29, 0.717) is 25.4 Å². The lowest BCUT2D eigenvalue weighted by Crippen LogP contribution is -2.42. The molecule has 94 valence electrons. The minimum atomic E-state index is -0.830. The molecule has 0 bridgehead atoms. The van der Waals surface area contributed by atoms with Gasteiger partial charge in [0.1, 0.15) is 0 Å². The van der Waals surface area contributed by atoms with Crippen LogP contribution < -0.4 is 5.32 Å². The van der Waals surface area contributed by atoms with Gasteiger partial charge in [-0.15, -0.1) is 0 Å². The smallest absolute Gasteiger partial charge is 0.317 e. The van der Waals surface area contributed by atoms with E-state index in [1.54, 1.807) is 4.90 Å². The van der Waals surface area contributed by atoms with Crippen LogP contribution in [-0.4, -0.2) is 41.6 Å². The number of carbonyl (C=O) groups excluding carboxylic acids is 1. The molecule has 0 aromatic rings. The lowest BCUT2D eigenvalue weighted by atomic mass is 10.2. The average Bonchev–Trinajstić information content (AvgIpc) is 2.20. The second-order valence-electron chi connectivity index (χ2n) is 4.16. The Bertz CT molecular complexity index is 229. The standard InChI is InChI=1S/C11H22N2O3/c1-4-13(8-9(2)3)11(16)12-7-5-6-10(14)15/h9H,4-8H2,1-3H3,(H,12,16)(H,14,15). The summed E-state index contributed by atoms with van der Waals surface area (Å²) in [5.41, 5.74) is 0. The first-order valence-electron chi connectivity index (χ1n) is 5.72. The topological polar surface area (TPSA) is 69.6 Å². The number of nitrogens with zero attached hydrogens (tertiary/aromatic N) is 1. The number of rotatable bonds is 7. The summed E-state index contributed by atoms with van der Waals surface area (Å²) in [6, 6.07) is -0.110. The van der Waals surface area contributed by atoms with Crippen molar-refractivity contribution in [1.82, 2.24) is 10.2 Å². The van der Waals surface area contributed by atoms with E-state index in [1.165, 1.54) is 0 Å². The summed E-state index contributed by atoms with van der Waals surface area (Å²) in [6.07, 6.45) is 0.566. The van der Waals surface area contributed by atoms with Gasteiger partial charge in [-0.2, -0.15) is 0 Å². The summed E-state index contributed by atoms with van der Waals surface area (Å²) in [5, 5.41) is 11.1. The van der Waals surface area contributed by atoms with Gasteiger partial charge in [-0.1, -0.05) is 13.8 Å². The molecule has 0 fully saturated rings. The van der Waals surface area contributed by atoms with Crippen LogP contribution in [0.2, 0.25) is 0 Å². The van der Waals surface area contributed by atoms with Crippen molar-refractivity contribution in [3.05, 3.63) is 0 Å². The van der Waals surface area contributed by atoms with Gasteiger partial charge in [-0.25, -0.2) is 4.79 Å². The normalized spacial score (nSPS) is 10.2. The summed E-state index contributed by atoms with van der Waals surface area (Å²) in [6.45, 7) is 7.85. The molecule has 0 aromatic heterocycles. The van der Waals surface area contributed by atoms with Crippen molar-refractivity contribution in [2.75, 3.05) is 19.6 Å². The van der Waals surface area contributed by atoms with Crippen LogP contribution in [0.15, 0.2) is 0 Å². The van der Waals surface area contributed by atoms with Crippen LogP contribution in [0.1, 0.15) is 33.6 Å². The fourth-order valence-corrected chi connectivity index (χ4v) is 1.34. The Kier molecular flexibility index (Phi) is 7.33. The Morgan fingerprint density at radius 2 is 2.00 bits per heavy atom. The third-order valence-electron chi connectivity index (χ3n) is 2.10. The fourth-order valence-electron chi connectivity index (χ4n) is 1.34. The molecule has 2 amide bonds. The van der Waals surface area contributed by atoms with Crippen LogP contribution in [0, 0.1) is 5.92 Å². The summed E-state index contributed by atoms with van der Waals surface area (Å²) < 4.78 is 0. The molecule has 0 spiro atoms. The Balaban J connectivity index is 3.79. The molecular formula is C11H22N2O3. The number of aliphatic carboxylic acids is 1. The predicted molar refractivity (Wildman–Crippen MR) is 62.4 cm³/mol. The van der Waals surface area contributed by atoms with E-state index in [2.05, 4.69) is 19.2 Å². The molecular weight excluding hydrogens is 208 g/mol. The number of urea groups is 1. The van der Waals surface area contributed by atoms with Gasteiger partial charge in [0.25, 0.3) is 0 Å². The fraction of sp³-hybridized carbons (Fsp3) is 0.818. The molecule has 0 aromatic carbocycles. The lowest BCUT2D eigenvalue weighted by Gasteiger charge is -2.23. The third kappa shape index (κ3) is 7.09. The number of carboxylic acids is 1. The molecule has 0 atom stereocenters. The summed E-state index contributed by atoms with van der Waals surface area (Å²) in [5.74, 6) is -0.395. The van der Waals surface area contributed by atoms with E-state index >= 15 is 0 Å². The lowest BCUT2D eigenvalue weighted by molar-refractivity contribution is -0.137. The number of amides is 2. The van der Waals surface area contributed by atoms with E-state index in [4.69, 9.17) is 5.11 Å². The molecule has 0 aliphatic heterocycles. The highest BCUT2D eigenvalue weighted by molar-refractivity contribution is 5.74.